The maximum atomic E-state index is 13.7. The van der Waals surface area contributed by atoms with E-state index in [2.05, 4.69) is 5.32 Å². The average Bonchev–Trinajstić information content (AvgIpc) is 2.48. The van der Waals surface area contributed by atoms with Crippen molar-refractivity contribution in [2.24, 2.45) is 17.6 Å². The molecule has 1 aromatic rings. The molecular weight excluding hydrogens is 283 g/mol. The molecule has 0 radical (unpaired) electrons. The average molecular weight is 306 g/mol. The van der Waals surface area contributed by atoms with E-state index in [0.29, 0.717) is 17.4 Å². The quantitative estimate of drug-likeness (QED) is 0.901. The van der Waals surface area contributed by atoms with Crippen LogP contribution in [0.2, 0.25) is 0 Å². The first-order chi connectivity index (χ1) is 10.6. The monoisotopic (exact) mass is 306 g/mol. The first kappa shape index (κ1) is 15.3. The molecule has 2 fully saturated rings. The normalized spacial score (nSPS) is 30.7. The molecule has 1 aromatic carbocycles. The highest BCUT2D eigenvalue weighted by Crippen LogP contribution is 2.39. The molecule has 0 aliphatic heterocycles. The number of nitrogens with two attached hydrogens (primary N) is 1. The molecule has 2 unspecified atom stereocenters. The molecule has 5 heteroatoms. The van der Waals surface area contributed by atoms with E-state index in [4.69, 9.17) is 10.5 Å². The van der Waals surface area contributed by atoms with Crippen molar-refractivity contribution in [1.82, 2.24) is 5.32 Å². The fraction of sp³-hybridized carbons (Fsp3) is 0.588. The standard InChI is InChI=1S/C17H23FN2O2/c1-22-15-6-5-12(9-14(15)18)17(21)20-16-10-3-2-4-11(16)8-13(19)7-10/h5-6,9-11,13,16H,2-4,7-8,19H2,1H3,(H,20,21). The molecule has 3 N–H and O–H groups in total. The van der Waals surface area contributed by atoms with E-state index in [1.54, 1.807) is 6.07 Å². The molecule has 0 spiro atoms. The topological polar surface area (TPSA) is 64.3 Å². The van der Waals surface area contributed by atoms with E-state index in [1.807, 2.05) is 0 Å². The molecular formula is C17H23FN2O2. The van der Waals surface area contributed by atoms with Crippen LogP contribution in [0.4, 0.5) is 4.39 Å². The van der Waals surface area contributed by atoms with Crippen LogP contribution in [0, 0.1) is 17.7 Å². The van der Waals surface area contributed by atoms with Gasteiger partial charge in [0.25, 0.3) is 5.91 Å². The molecule has 2 aliphatic carbocycles. The van der Waals surface area contributed by atoms with Gasteiger partial charge >= 0.3 is 0 Å². The van der Waals surface area contributed by atoms with Crippen molar-refractivity contribution in [2.75, 3.05) is 7.11 Å². The Kier molecular flexibility index (Phi) is 4.34. The summed E-state index contributed by atoms with van der Waals surface area (Å²) < 4.78 is 18.6. The summed E-state index contributed by atoms with van der Waals surface area (Å²) in [4.78, 5) is 12.4. The second kappa shape index (κ2) is 6.24. The minimum absolute atomic E-state index is 0.150. The van der Waals surface area contributed by atoms with Crippen LogP contribution in [0.1, 0.15) is 42.5 Å². The molecule has 120 valence electrons. The number of amides is 1. The maximum Gasteiger partial charge on any atom is 0.251 e. The Morgan fingerprint density at radius 2 is 2.00 bits per heavy atom. The fourth-order valence-corrected chi connectivity index (χ4v) is 4.07. The van der Waals surface area contributed by atoms with E-state index < -0.39 is 5.82 Å². The van der Waals surface area contributed by atoms with Gasteiger partial charge in [-0.2, -0.15) is 0 Å². The molecule has 2 atom stereocenters. The molecule has 22 heavy (non-hydrogen) atoms. The third-order valence-electron chi connectivity index (χ3n) is 5.09. The van der Waals surface area contributed by atoms with Crippen LogP contribution in [0.3, 0.4) is 0 Å². The minimum atomic E-state index is -0.513. The second-order valence-corrected chi connectivity index (χ2v) is 6.53. The molecule has 1 amide bonds. The van der Waals surface area contributed by atoms with Gasteiger partial charge < -0.3 is 15.8 Å². The summed E-state index contributed by atoms with van der Waals surface area (Å²) in [5, 5.41) is 3.12. The van der Waals surface area contributed by atoms with E-state index in [1.165, 1.54) is 25.7 Å². The lowest BCUT2D eigenvalue weighted by molar-refractivity contribution is 0.0755. The predicted molar refractivity (Wildman–Crippen MR) is 82.2 cm³/mol. The van der Waals surface area contributed by atoms with Gasteiger partial charge in [-0.25, -0.2) is 4.39 Å². The minimum Gasteiger partial charge on any atom is -0.494 e. The number of nitrogens with one attached hydrogen (secondary N) is 1. The number of carbonyl (C=O) groups excluding carboxylic acids is 1. The zero-order chi connectivity index (χ0) is 15.7. The number of fused-ring (bicyclic) bond motifs is 2. The summed E-state index contributed by atoms with van der Waals surface area (Å²) in [7, 11) is 1.41. The third kappa shape index (κ3) is 2.95. The Hall–Kier alpha value is -1.62. The van der Waals surface area contributed by atoms with Gasteiger partial charge in [0.15, 0.2) is 11.6 Å². The highest BCUT2D eigenvalue weighted by Gasteiger charge is 2.39. The first-order valence-electron chi connectivity index (χ1n) is 7.98. The van der Waals surface area contributed by atoms with Crippen molar-refractivity contribution in [3.8, 4) is 5.75 Å². The van der Waals surface area contributed by atoms with Gasteiger partial charge in [-0.1, -0.05) is 6.42 Å². The zero-order valence-corrected chi connectivity index (χ0v) is 12.8. The predicted octanol–water partition coefficient (Wildman–Crippen LogP) is 2.47. The number of ether oxygens (including phenoxy) is 1. The Morgan fingerprint density at radius 3 is 2.59 bits per heavy atom. The van der Waals surface area contributed by atoms with E-state index in [-0.39, 0.29) is 23.7 Å². The Morgan fingerprint density at radius 1 is 1.32 bits per heavy atom. The van der Waals surface area contributed by atoms with Crippen molar-refractivity contribution < 1.29 is 13.9 Å². The van der Waals surface area contributed by atoms with Crippen LogP contribution in [0.5, 0.6) is 5.75 Å². The first-order valence-corrected chi connectivity index (χ1v) is 7.98. The van der Waals surface area contributed by atoms with Gasteiger partial charge in [-0.05, 0) is 55.7 Å². The van der Waals surface area contributed by atoms with Gasteiger partial charge in [-0.3, -0.25) is 4.79 Å². The molecule has 3 rings (SSSR count). The van der Waals surface area contributed by atoms with Crippen LogP contribution in [0.25, 0.3) is 0 Å². The molecule has 2 bridgehead atoms. The number of halogens is 1. The SMILES string of the molecule is COc1ccc(C(=O)NC2C3CCCC2CC(N)C3)cc1F. The Labute approximate surface area is 130 Å². The van der Waals surface area contributed by atoms with Crippen LogP contribution in [0.15, 0.2) is 18.2 Å². The van der Waals surface area contributed by atoms with Crippen molar-refractivity contribution in [2.45, 2.75) is 44.2 Å². The van der Waals surface area contributed by atoms with Crippen molar-refractivity contribution in [3.63, 3.8) is 0 Å². The van der Waals surface area contributed by atoms with E-state index in [0.717, 1.165) is 25.7 Å². The molecule has 4 nitrogen and oxygen atoms in total. The number of hydrogen-bond donors (Lipinski definition) is 2. The maximum absolute atomic E-state index is 13.7. The van der Waals surface area contributed by atoms with Gasteiger partial charge in [0, 0.05) is 17.6 Å². The van der Waals surface area contributed by atoms with Crippen LogP contribution < -0.4 is 15.8 Å². The lowest BCUT2D eigenvalue weighted by Crippen LogP contribution is -2.53. The van der Waals surface area contributed by atoms with Crippen LogP contribution in [-0.2, 0) is 0 Å². The summed E-state index contributed by atoms with van der Waals surface area (Å²) in [6.07, 6.45) is 5.39. The number of carbonyl (C=O) groups is 1. The lowest BCUT2D eigenvalue weighted by atomic mass is 9.67. The van der Waals surface area contributed by atoms with Crippen molar-refractivity contribution in [1.29, 1.82) is 0 Å². The Balaban J connectivity index is 1.72. The zero-order valence-electron chi connectivity index (χ0n) is 12.8. The lowest BCUT2D eigenvalue weighted by Gasteiger charge is -2.45. The van der Waals surface area contributed by atoms with E-state index >= 15 is 0 Å². The smallest absolute Gasteiger partial charge is 0.251 e. The number of hydrogen-bond acceptors (Lipinski definition) is 3. The van der Waals surface area contributed by atoms with Gasteiger partial charge in [-0.15, -0.1) is 0 Å². The van der Waals surface area contributed by atoms with Gasteiger partial charge in [0.1, 0.15) is 0 Å². The summed E-state index contributed by atoms with van der Waals surface area (Å²) in [6.45, 7) is 0. The number of rotatable bonds is 3. The third-order valence-corrected chi connectivity index (χ3v) is 5.09. The fourth-order valence-electron chi connectivity index (χ4n) is 4.07. The molecule has 0 heterocycles. The summed E-state index contributed by atoms with van der Waals surface area (Å²) >= 11 is 0. The summed E-state index contributed by atoms with van der Waals surface area (Å²) in [6, 6.07) is 4.75. The van der Waals surface area contributed by atoms with Crippen LogP contribution >= 0.6 is 0 Å². The number of benzene rings is 1. The van der Waals surface area contributed by atoms with Crippen molar-refractivity contribution in [3.05, 3.63) is 29.6 Å². The molecule has 2 saturated carbocycles. The highest BCUT2D eigenvalue weighted by molar-refractivity contribution is 5.94. The second-order valence-electron chi connectivity index (χ2n) is 6.53. The largest absolute Gasteiger partial charge is 0.494 e. The molecule has 0 saturated heterocycles. The van der Waals surface area contributed by atoms with E-state index in [9.17, 15) is 9.18 Å². The molecule has 2 aliphatic rings. The van der Waals surface area contributed by atoms with Gasteiger partial charge in [0.2, 0.25) is 0 Å². The highest BCUT2D eigenvalue weighted by atomic mass is 19.1. The Bertz CT molecular complexity index is 550. The summed E-state index contributed by atoms with van der Waals surface area (Å²) in [5.41, 5.74) is 6.44. The van der Waals surface area contributed by atoms with Crippen molar-refractivity contribution >= 4 is 5.91 Å². The molecule has 0 aromatic heterocycles. The summed E-state index contributed by atoms with van der Waals surface area (Å²) in [5.74, 6) is 0.334. The van der Waals surface area contributed by atoms with Gasteiger partial charge in [0.05, 0.1) is 7.11 Å². The van der Waals surface area contributed by atoms with Crippen LogP contribution in [-0.4, -0.2) is 25.1 Å². The number of methoxy groups -OCH3 is 1.